The van der Waals surface area contributed by atoms with Gasteiger partial charge in [0.15, 0.2) is 0 Å². The lowest BCUT2D eigenvalue weighted by atomic mass is 10.1. The number of rotatable bonds is 5. The monoisotopic (exact) mass is 229 g/mol. The number of ether oxygens (including phenoxy) is 1. The van der Waals surface area contributed by atoms with E-state index in [1.165, 1.54) is 0 Å². The third kappa shape index (κ3) is 4.92. The van der Waals surface area contributed by atoms with Gasteiger partial charge in [-0.3, -0.25) is 0 Å². The molecule has 0 saturated carbocycles. The van der Waals surface area contributed by atoms with Crippen molar-refractivity contribution < 1.29 is 13.2 Å². The van der Waals surface area contributed by atoms with Gasteiger partial charge in [-0.25, -0.2) is 13.6 Å². The van der Waals surface area contributed by atoms with Crippen molar-refractivity contribution in [3.05, 3.63) is 35.9 Å². The van der Waals surface area contributed by atoms with E-state index in [-0.39, 0.29) is 18.5 Å². The molecule has 1 unspecified atom stereocenters. The minimum Gasteiger partial charge on any atom is -0.373 e. The lowest BCUT2D eigenvalue weighted by molar-refractivity contribution is 0.0777. The molecule has 0 aliphatic carbocycles. The zero-order chi connectivity index (χ0) is 11.3. The second kappa shape index (κ2) is 5.25. The summed E-state index contributed by atoms with van der Waals surface area (Å²) in [6.45, 7) is 1.99. The number of benzene rings is 1. The summed E-state index contributed by atoms with van der Waals surface area (Å²) in [7, 11) is -3.43. The molecule has 0 heterocycles. The van der Waals surface area contributed by atoms with Gasteiger partial charge in [0.2, 0.25) is 10.0 Å². The minimum atomic E-state index is -3.43. The van der Waals surface area contributed by atoms with E-state index in [1.54, 1.807) is 0 Å². The molecule has 5 heteroatoms. The Balaban J connectivity index is 2.41. The molecule has 0 aliphatic rings. The Kier molecular flexibility index (Phi) is 4.26. The number of hydrogen-bond donors (Lipinski definition) is 1. The first kappa shape index (κ1) is 12.2. The third-order valence-corrected chi connectivity index (χ3v) is 2.74. The van der Waals surface area contributed by atoms with Crippen molar-refractivity contribution in [1.29, 1.82) is 0 Å². The van der Waals surface area contributed by atoms with E-state index in [1.807, 2.05) is 37.3 Å². The molecular formula is C10H15NO3S. The van der Waals surface area contributed by atoms with Crippen molar-refractivity contribution in [2.75, 3.05) is 12.4 Å². The fourth-order valence-corrected chi connectivity index (χ4v) is 1.49. The lowest BCUT2D eigenvalue weighted by Crippen LogP contribution is -2.20. The summed E-state index contributed by atoms with van der Waals surface area (Å²) in [5, 5.41) is 4.85. The summed E-state index contributed by atoms with van der Waals surface area (Å²) in [5.74, 6) is -0.149. The van der Waals surface area contributed by atoms with Gasteiger partial charge in [-0.1, -0.05) is 30.3 Å². The molecule has 1 aromatic carbocycles. The van der Waals surface area contributed by atoms with Crippen molar-refractivity contribution in [1.82, 2.24) is 0 Å². The molecule has 84 valence electrons. The highest BCUT2D eigenvalue weighted by Crippen LogP contribution is 2.15. The van der Waals surface area contributed by atoms with Crippen LogP contribution in [0.2, 0.25) is 0 Å². The summed E-state index contributed by atoms with van der Waals surface area (Å²) in [4.78, 5) is 0. The molecule has 0 amide bonds. The molecule has 0 aromatic heterocycles. The number of primary sulfonamides is 1. The van der Waals surface area contributed by atoms with E-state index in [0.717, 1.165) is 5.56 Å². The van der Waals surface area contributed by atoms with E-state index in [4.69, 9.17) is 9.88 Å². The van der Waals surface area contributed by atoms with Crippen molar-refractivity contribution in [2.45, 2.75) is 13.0 Å². The van der Waals surface area contributed by atoms with E-state index < -0.39 is 10.0 Å². The lowest BCUT2D eigenvalue weighted by Gasteiger charge is -2.12. The van der Waals surface area contributed by atoms with Crippen molar-refractivity contribution in [3.8, 4) is 0 Å². The number of hydrogen-bond acceptors (Lipinski definition) is 3. The molecule has 0 aliphatic heterocycles. The van der Waals surface area contributed by atoms with Crippen molar-refractivity contribution >= 4 is 10.0 Å². The van der Waals surface area contributed by atoms with Crippen LogP contribution < -0.4 is 5.14 Å². The predicted octanol–water partition coefficient (Wildman–Crippen LogP) is 1.05. The molecule has 0 spiro atoms. The fourth-order valence-electron chi connectivity index (χ4n) is 1.16. The summed E-state index contributed by atoms with van der Waals surface area (Å²) in [6, 6.07) is 9.60. The quantitative estimate of drug-likeness (QED) is 0.820. The Labute approximate surface area is 90.1 Å². The first-order valence-corrected chi connectivity index (χ1v) is 6.37. The first-order valence-electron chi connectivity index (χ1n) is 4.66. The van der Waals surface area contributed by atoms with Crippen LogP contribution in [0.3, 0.4) is 0 Å². The fraction of sp³-hybridized carbons (Fsp3) is 0.400. The average molecular weight is 229 g/mol. The SMILES string of the molecule is CC(OCCS(N)(=O)=O)c1ccccc1. The summed E-state index contributed by atoms with van der Waals surface area (Å²) in [5.41, 5.74) is 1.02. The van der Waals surface area contributed by atoms with Crippen LogP contribution >= 0.6 is 0 Å². The maximum absolute atomic E-state index is 10.6. The molecule has 1 rings (SSSR count). The summed E-state index contributed by atoms with van der Waals surface area (Å²) in [6.07, 6.45) is -0.118. The molecule has 0 fully saturated rings. The van der Waals surface area contributed by atoms with Crippen LogP contribution in [0.4, 0.5) is 0 Å². The van der Waals surface area contributed by atoms with Gasteiger partial charge >= 0.3 is 0 Å². The maximum atomic E-state index is 10.6. The summed E-state index contributed by atoms with van der Waals surface area (Å²) >= 11 is 0. The molecule has 0 saturated heterocycles. The van der Waals surface area contributed by atoms with E-state index in [9.17, 15) is 8.42 Å². The Morgan fingerprint density at radius 2 is 1.93 bits per heavy atom. The van der Waals surface area contributed by atoms with Crippen LogP contribution in [0.5, 0.6) is 0 Å². The predicted molar refractivity (Wildman–Crippen MR) is 58.8 cm³/mol. The van der Waals surface area contributed by atoms with Crippen LogP contribution in [0.1, 0.15) is 18.6 Å². The summed E-state index contributed by atoms with van der Waals surface area (Å²) < 4.78 is 26.6. The van der Waals surface area contributed by atoms with Crippen molar-refractivity contribution in [2.24, 2.45) is 5.14 Å². The molecule has 0 radical (unpaired) electrons. The Morgan fingerprint density at radius 1 is 1.33 bits per heavy atom. The van der Waals surface area contributed by atoms with Gasteiger partial charge in [0, 0.05) is 0 Å². The van der Waals surface area contributed by atoms with Gasteiger partial charge in [0.1, 0.15) is 0 Å². The van der Waals surface area contributed by atoms with Gasteiger partial charge < -0.3 is 4.74 Å². The highest BCUT2D eigenvalue weighted by molar-refractivity contribution is 7.89. The van der Waals surface area contributed by atoms with Crippen LogP contribution in [0.25, 0.3) is 0 Å². The maximum Gasteiger partial charge on any atom is 0.211 e. The van der Waals surface area contributed by atoms with E-state index in [0.29, 0.717) is 0 Å². The molecule has 2 N–H and O–H groups in total. The Bertz CT molecular complexity index is 388. The minimum absolute atomic E-state index is 0.118. The zero-order valence-electron chi connectivity index (χ0n) is 8.59. The smallest absolute Gasteiger partial charge is 0.211 e. The third-order valence-electron chi connectivity index (χ3n) is 2.00. The number of sulfonamides is 1. The van der Waals surface area contributed by atoms with Crippen LogP contribution in [-0.4, -0.2) is 20.8 Å². The largest absolute Gasteiger partial charge is 0.373 e. The highest BCUT2D eigenvalue weighted by atomic mass is 32.2. The van der Waals surface area contributed by atoms with E-state index >= 15 is 0 Å². The Morgan fingerprint density at radius 3 is 2.47 bits per heavy atom. The topological polar surface area (TPSA) is 69.4 Å². The molecule has 1 atom stereocenters. The Hall–Kier alpha value is -0.910. The zero-order valence-corrected chi connectivity index (χ0v) is 9.41. The van der Waals surface area contributed by atoms with Gasteiger partial charge in [-0.2, -0.15) is 0 Å². The molecular weight excluding hydrogens is 214 g/mol. The average Bonchev–Trinajstić information content (AvgIpc) is 2.17. The second-order valence-corrected chi connectivity index (χ2v) is 5.02. The van der Waals surface area contributed by atoms with Crippen molar-refractivity contribution in [3.63, 3.8) is 0 Å². The van der Waals surface area contributed by atoms with Gasteiger partial charge in [0.05, 0.1) is 18.5 Å². The van der Waals surface area contributed by atoms with Crippen LogP contribution in [0, 0.1) is 0 Å². The standard InChI is InChI=1S/C10H15NO3S/c1-9(10-5-3-2-4-6-10)14-7-8-15(11,12)13/h2-6,9H,7-8H2,1H3,(H2,11,12,13). The van der Waals surface area contributed by atoms with E-state index in [2.05, 4.69) is 0 Å². The number of nitrogens with two attached hydrogens (primary N) is 1. The normalized spacial score (nSPS) is 13.7. The molecule has 0 bridgehead atoms. The molecule has 15 heavy (non-hydrogen) atoms. The molecule has 4 nitrogen and oxygen atoms in total. The molecule has 1 aromatic rings. The highest BCUT2D eigenvalue weighted by Gasteiger charge is 2.07. The second-order valence-electron chi connectivity index (χ2n) is 3.29. The van der Waals surface area contributed by atoms with Gasteiger partial charge in [0.25, 0.3) is 0 Å². The van der Waals surface area contributed by atoms with Crippen LogP contribution in [0.15, 0.2) is 30.3 Å². The van der Waals surface area contributed by atoms with Gasteiger partial charge in [-0.15, -0.1) is 0 Å². The van der Waals surface area contributed by atoms with Crippen LogP contribution in [-0.2, 0) is 14.8 Å². The van der Waals surface area contributed by atoms with Gasteiger partial charge in [-0.05, 0) is 12.5 Å². The first-order chi connectivity index (χ1) is 6.99.